The van der Waals surface area contributed by atoms with Crippen molar-refractivity contribution >= 4 is 11.7 Å². The summed E-state index contributed by atoms with van der Waals surface area (Å²) in [6.07, 6.45) is -5.87. The first-order valence-corrected chi connectivity index (χ1v) is 5.42. The van der Waals surface area contributed by atoms with E-state index in [1.165, 1.54) is 6.92 Å². The first-order chi connectivity index (χ1) is 9.64. The molecule has 1 aromatic rings. The Labute approximate surface area is 115 Å². The molecule has 0 spiro atoms. The van der Waals surface area contributed by atoms with Gasteiger partial charge in [-0.2, -0.15) is 0 Å². The molecule has 0 atom stereocenters. The maximum absolute atomic E-state index is 12.2. The zero-order chi connectivity index (χ0) is 16.2. The molecule has 1 heterocycles. The Bertz CT molecular complexity index is 560. The molecule has 11 heteroatoms. The lowest BCUT2D eigenvalue weighted by Crippen LogP contribution is -2.19. The lowest BCUT2D eigenvalue weighted by atomic mass is 10.2. The van der Waals surface area contributed by atoms with E-state index < -0.39 is 46.7 Å². The number of alkyl halides is 3. The molecule has 1 N–H and O–H groups in total. The second kappa shape index (κ2) is 6.24. The fourth-order valence-electron chi connectivity index (χ4n) is 1.31. The number of halogens is 3. The van der Waals surface area contributed by atoms with Gasteiger partial charge in [0.15, 0.2) is 0 Å². The summed E-state index contributed by atoms with van der Waals surface area (Å²) in [6, 6.07) is 0.419. The zero-order valence-electron chi connectivity index (χ0n) is 10.5. The third-order valence-electron chi connectivity index (χ3n) is 2.05. The van der Waals surface area contributed by atoms with Crippen molar-refractivity contribution in [3.63, 3.8) is 0 Å². The van der Waals surface area contributed by atoms with Crippen LogP contribution in [0, 0.1) is 10.1 Å². The summed E-state index contributed by atoms with van der Waals surface area (Å²) >= 11 is 0. The Morgan fingerprint density at radius 3 is 2.62 bits per heavy atom. The maximum Gasteiger partial charge on any atom is 0.574 e. The fourth-order valence-corrected chi connectivity index (χ4v) is 1.31. The number of rotatable bonds is 5. The summed E-state index contributed by atoms with van der Waals surface area (Å²) in [5.41, 5.74) is -1.71. The van der Waals surface area contributed by atoms with E-state index in [4.69, 9.17) is 0 Å². The second-order valence-corrected chi connectivity index (χ2v) is 3.57. The molecule has 21 heavy (non-hydrogen) atoms. The van der Waals surface area contributed by atoms with Crippen LogP contribution >= 0.6 is 0 Å². The zero-order valence-corrected chi connectivity index (χ0v) is 10.5. The summed E-state index contributed by atoms with van der Waals surface area (Å²) in [6.45, 7) is 1.51. The van der Waals surface area contributed by atoms with Crippen LogP contribution in [0.1, 0.15) is 12.6 Å². The van der Waals surface area contributed by atoms with Gasteiger partial charge in [0, 0.05) is 0 Å². The summed E-state index contributed by atoms with van der Waals surface area (Å²) in [7, 11) is 0. The second-order valence-electron chi connectivity index (χ2n) is 3.57. The number of carbonyl (C=O) groups is 1. The number of hydrogen-bond donors (Lipinski definition) is 1. The Kier molecular flexibility index (Phi) is 4.89. The van der Waals surface area contributed by atoms with Gasteiger partial charge < -0.3 is 14.6 Å². The molecule has 0 aliphatic carbocycles. The van der Waals surface area contributed by atoms with E-state index in [1.807, 2.05) is 0 Å². The van der Waals surface area contributed by atoms with E-state index in [0.29, 0.717) is 6.07 Å². The van der Waals surface area contributed by atoms with E-state index in [0.717, 1.165) is 0 Å². The van der Waals surface area contributed by atoms with Gasteiger partial charge in [-0.1, -0.05) is 0 Å². The highest BCUT2D eigenvalue weighted by molar-refractivity contribution is 5.73. The van der Waals surface area contributed by atoms with Gasteiger partial charge in [0.25, 0.3) is 0 Å². The average molecular weight is 310 g/mol. The summed E-state index contributed by atoms with van der Waals surface area (Å²) in [5.74, 6) is -3.05. The summed E-state index contributed by atoms with van der Waals surface area (Å²) < 4.78 is 44.4. The van der Waals surface area contributed by atoms with Crippen molar-refractivity contribution in [1.29, 1.82) is 0 Å². The smallest absolute Gasteiger partial charge is 0.506 e. The molecule has 0 aromatic carbocycles. The molecule has 0 unspecified atom stereocenters. The molecular weight excluding hydrogens is 301 g/mol. The van der Waals surface area contributed by atoms with Crippen molar-refractivity contribution < 1.29 is 37.5 Å². The van der Waals surface area contributed by atoms with E-state index in [1.54, 1.807) is 0 Å². The molecule has 0 aliphatic rings. The number of ether oxygens (including phenoxy) is 2. The third-order valence-corrected chi connectivity index (χ3v) is 2.05. The first kappa shape index (κ1) is 16.5. The van der Waals surface area contributed by atoms with Gasteiger partial charge in [0.05, 0.1) is 29.7 Å². The van der Waals surface area contributed by atoms with Crippen LogP contribution in [0.5, 0.6) is 11.6 Å². The molecule has 0 amide bonds. The maximum atomic E-state index is 12.2. The van der Waals surface area contributed by atoms with Crippen molar-refractivity contribution in [1.82, 2.24) is 4.98 Å². The molecule has 0 aliphatic heterocycles. The molecule has 0 saturated heterocycles. The normalized spacial score (nSPS) is 11.0. The molecular formula is C10H9F3N2O6. The predicted molar refractivity (Wildman–Crippen MR) is 59.6 cm³/mol. The monoisotopic (exact) mass is 310 g/mol. The number of esters is 1. The minimum Gasteiger partial charge on any atom is -0.506 e. The van der Waals surface area contributed by atoms with E-state index in [9.17, 15) is 33.2 Å². The Morgan fingerprint density at radius 2 is 2.14 bits per heavy atom. The molecule has 116 valence electrons. The van der Waals surface area contributed by atoms with Crippen LogP contribution in [-0.2, 0) is 16.0 Å². The third kappa shape index (κ3) is 4.78. The van der Waals surface area contributed by atoms with Gasteiger partial charge in [-0.05, 0) is 6.92 Å². The topological polar surface area (TPSA) is 112 Å². The molecule has 1 rings (SSSR count). The number of aromatic hydroxyl groups is 1. The molecule has 0 fully saturated rings. The van der Waals surface area contributed by atoms with E-state index in [2.05, 4.69) is 14.5 Å². The summed E-state index contributed by atoms with van der Waals surface area (Å²) in [4.78, 5) is 23.8. The van der Waals surface area contributed by atoms with Crippen LogP contribution < -0.4 is 4.74 Å². The van der Waals surface area contributed by atoms with Crippen LogP contribution in [0.3, 0.4) is 0 Å². The molecule has 0 saturated carbocycles. The van der Waals surface area contributed by atoms with Crippen molar-refractivity contribution in [2.75, 3.05) is 6.61 Å². The number of nitro groups is 1. The van der Waals surface area contributed by atoms with Crippen LogP contribution in [0.25, 0.3) is 0 Å². The highest BCUT2D eigenvalue weighted by atomic mass is 19.4. The van der Waals surface area contributed by atoms with Crippen molar-refractivity contribution in [2.24, 2.45) is 0 Å². The lowest BCUT2D eigenvalue weighted by Gasteiger charge is -2.10. The van der Waals surface area contributed by atoms with Crippen LogP contribution in [-0.4, -0.2) is 34.0 Å². The number of carbonyl (C=O) groups excluding carboxylic acids is 1. The van der Waals surface area contributed by atoms with Gasteiger partial charge in [-0.3, -0.25) is 14.9 Å². The Balaban J connectivity index is 3.20. The average Bonchev–Trinajstić information content (AvgIpc) is 2.31. The number of hydrogen-bond acceptors (Lipinski definition) is 7. The number of pyridine rings is 1. The lowest BCUT2D eigenvalue weighted by molar-refractivity contribution is -0.389. The minimum atomic E-state index is -5.21. The van der Waals surface area contributed by atoms with Crippen molar-refractivity contribution in [3.8, 4) is 11.6 Å². The number of aromatic nitrogens is 1. The van der Waals surface area contributed by atoms with E-state index in [-0.39, 0.29) is 6.61 Å². The van der Waals surface area contributed by atoms with Crippen molar-refractivity contribution in [2.45, 2.75) is 19.7 Å². The van der Waals surface area contributed by atoms with Gasteiger partial charge in [0.1, 0.15) is 5.75 Å². The standard InChI is InChI=1S/C10H9F3N2O6/c1-2-20-8(17)3-5-7(16)4-6(15(18)19)9(14-5)21-10(11,12)13/h4,16H,2-3H2,1H3. The molecule has 0 radical (unpaired) electrons. The highest BCUT2D eigenvalue weighted by Gasteiger charge is 2.36. The van der Waals surface area contributed by atoms with Crippen molar-refractivity contribution in [3.05, 3.63) is 21.9 Å². The van der Waals surface area contributed by atoms with Gasteiger partial charge in [-0.25, -0.2) is 4.98 Å². The minimum absolute atomic E-state index is 0.0124. The highest BCUT2D eigenvalue weighted by Crippen LogP contribution is 2.34. The van der Waals surface area contributed by atoms with Crippen LogP contribution in [0.15, 0.2) is 6.07 Å². The predicted octanol–water partition coefficient (Wildman–Crippen LogP) is 1.70. The fraction of sp³-hybridized carbons (Fsp3) is 0.400. The SMILES string of the molecule is CCOC(=O)Cc1nc(OC(F)(F)F)c([N+](=O)[O-])cc1O. The number of nitrogens with zero attached hydrogens (tertiary/aromatic N) is 2. The van der Waals surface area contributed by atoms with Gasteiger partial charge >= 0.3 is 23.9 Å². The van der Waals surface area contributed by atoms with Gasteiger partial charge in [0.2, 0.25) is 0 Å². The quantitative estimate of drug-likeness (QED) is 0.500. The van der Waals surface area contributed by atoms with Gasteiger partial charge in [-0.15, -0.1) is 13.2 Å². The first-order valence-electron chi connectivity index (χ1n) is 5.42. The Hall–Kier alpha value is -2.59. The van der Waals surface area contributed by atoms with E-state index >= 15 is 0 Å². The molecule has 0 bridgehead atoms. The van der Waals surface area contributed by atoms with Crippen LogP contribution in [0.2, 0.25) is 0 Å². The molecule has 1 aromatic heterocycles. The van der Waals surface area contributed by atoms with Crippen LogP contribution in [0.4, 0.5) is 18.9 Å². The molecule has 8 nitrogen and oxygen atoms in total. The summed E-state index contributed by atoms with van der Waals surface area (Å²) in [5, 5.41) is 20.1. The Morgan fingerprint density at radius 1 is 1.52 bits per heavy atom. The largest absolute Gasteiger partial charge is 0.574 e.